The Bertz CT molecular complexity index is 466. The lowest BCUT2D eigenvalue weighted by atomic mass is 9.80. The first-order valence-electron chi connectivity index (χ1n) is 7.15. The van der Waals surface area contributed by atoms with Crippen LogP contribution in [0.25, 0.3) is 0 Å². The molecule has 4 heteroatoms. The first-order valence-corrected chi connectivity index (χ1v) is 7.95. The van der Waals surface area contributed by atoms with Gasteiger partial charge in [0.15, 0.2) is 0 Å². The quantitative estimate of drug-likeness (QED) is 0.903. The van der Waals surface area contributed by atoms with Crippen molar-refractivity contribution in [3.8, 4) is 5.75 Å². The monoisotopic (exact) mass is 341 g/mol. The van der Waals surface area contributed by atoms with E-state index in [-0.39, 0.29) is 12.1 Å². The van der Waals surface area contributed by atoms with Gasteiger partial charge in [0.2, 0.25) is 0 Å². The molecule has 3 nitrogen and oxygen atoms in total. The predicted octanol–water partition coefficient (Wildman–Crippen LogP) is 3.78. The van der Waals surface area contributed by atoms with Gasteiger partial charge in [-0.25, -0.2) is 0 Å². The van der Waals surface area contributed by atoms with Crippen LogP contribution in [0.15, 0.2) is 22.7 Å². The number of methoxy groups -OCH3 is 1. The Hall–Kier alpha value is -0.580. The van der Waals surface area contributed by atoms with E-state index in [0.717, 1.165) is 10.2 Å². The fraction of sp³-hybridized carbons (Fsp3) is 0.625. The molecule has 20 heavy (non-hydrogen) atoms. The van der Waals surface area contributed by atoms with Crippen LogP contribution in [-0.2, 0) is 4.74 Å². The maximum atomic E-state index is 6.00. The molecule has 0 aliphatic carbocycles. The average Bonchev–Trinajstić information content (AvgIpc) is 2.67. The largest absolute Gasteiger partial charge is 0.497 e. The summed E-state index contributed by atoms with van der Waals surface area (Å²) in [6.07, 6.45) is 0.564. The van der Waals surface area contributed by atoms with Gasteiger partial charge in [0.05, 0.1) is 19.3 Å². The molecule has 0 bridgehead atoms. The van der Waals surface area contributed by atoms with Crippen molar-refractivity contribution >= 4 is 15.9 Å². The molecule has 112 valence electrons. The molecule has 1 fully saturated rings. The normalized spacial score (nSPS) is 31.3. The molecule has 0 spiro atoms. The van der Waals surface area contributed by atoms with E-state index in [1.807, 2.05) is 19.2 Å². The van der Waals surface area contributed by atoms with Crippen LogP contribution in [0.1, 0.15) is 32.4 Å². The van der Waals surface area contributed by atoms with Crippen molar-refractivity contribution in [3.63, 3.8) is 0 Å². The summed E-state index contributed by atoms with van der Waals surface area (Å²) in [6.45, 7) is 6.62. The number of ether oxygens (including phenoxy) is 2. The lowest BCUT2D eigenvalue weighted by molar-refractivity contribution is 0.0478. The third kappa shape index (κ3) is 2.87. The van der Waals surface area contributed by atoms with Crippen molar-refractivity contribution in [2.75, 3.05) is 14.2 Å². The Balaban J connectivity index is 2.33. The molecule has 1 saturated heterocycles. The first kappa shape index (κ1) is 15.8. The zero-order valence-corrected chi connectivity index (χ0v) is 14.4. The highest BCUT2D eigenvalue weighted by molar-refractivity contribution is 9.10. The summed E-state index contributed by atoms with van der Waals surface area (Å²) in [7, 11) is 3.71. The number of rotatable bonds is 4. The molecule has 1 aliphatic heterocycles. The third-order valence-corrected chi connectivity index (χ3v) is 5.24. The summed E-state index contributed by atoms with van der Waals surface area (Å²) in [4.78, 5) is 0. The summed E-state index contributed by atoms with van der Waals surface area (Å²) in [5.41, 5.74) is 1.26. The summed E-state index contributed by atoms with van der Waals surface area (Å²) in [5, 5.41) is 3.47. The van der Waals surface area contributed by atoms with Gasteiger partial charge in [-0.15, -0.1) is 0 Å². The number of halogens is 1. The topological polar surface area (TPSA) is 30.5 Å². The van der Waals surface area contributed by atoms with Gasteiger partial charge < -0.3 is 14.8 Å². The van der Waals surface area contributed by atoms with Crippen LogP contribution in [0, 0.1) is 11.8 Å². The van der Waals surface area contributed by atoms with Crippen LogP contribution < -0.4 is 10.1 Å². The van der Waals surface area contributed by atoms with E-state index in [0.29, 0.717) is 17.9 Å². The number of nitrogens with one attached hydrogen (secondary N) is 1. The molecule has 1 aliphatic rings. The van der Waals surface area contributed by atoms with Gasteiger partial charge in [-0.05, 0) is 44.5 Å². The van der Waals surface area contributed by atoms with E-state index in [4.69, 9.17) is 9.47 Å². The van der Waals surface area contributed by atoms with Gasteiger partial charge in [-0.3, -0.25) is 0 Å². The maximum absolute atomic E-state index is 6.00. The minimum absolute atomic E-state index is 0.256. The lowest BCUT2D eigenvalue weighted by Crippen LogP contribution is -2.33. The Kier molecular flexibility index (Phi) is 5.10. The second-order valence-corrected chi connectivity index (χ2v) is 6.49. The van der Waals surface area contributed by atoms with E-state index in [9.17, 15) is 0 Å². The molecule has 0 radical (unpaired) electrons. The Labute approximate surface area is 130 Å². The standard InChI is InChI=1S/C16H24BrNO2/c1-9-10(2)20-11(3)15(9)16(18-4)13-7-6-12(19-5)8-14(13)17/h6-11,15-16,18H,1-5H3. The molecule has 1 heterocycles. The molecule has 2 rings (SSSR count). The Morgan fingerprint density at radius 2 is 1.95 bits per heavy atom. The molecule has 5 unspecified atom stereocenters. The molecule has 5 atom stereocenters. The van der Waals surface area contributed by atoms with Crippen molar-refractivity contribution in [2.45, 2.75) is 39.0 Å². The van der Waals surface area contributed by atoms with Crippen molar-refractivity contribution in [3.05, 3.63) is 28.2 Å². The average molecular weight is 342 g/mol. The molecular formula is C16H24BrNO2. The van der Waals surface area contributed by atoms with Crippen LogP contribution in [0.3, 0.4) is 0 Å². The minimum atomic E-state index is 0.256. The van der Waals surface area contributed by atoms with Crippen molar-refractivity contribution in [2.24, 2.45) is 11.8 Å². The molecule has 1 aromatic rings. The molecule has 0 aromatic heterocycles. The molecule has 1 N–H and O–H groups in total. The molecule has 1 aromatic carbocycles. The van der Waals surface area contributed by atoms with E-state index >= 15 is 0 Å². The number of hydrogen-bond acceptors (Lipinski definition) is 3. The van der Waals surface area contributed by atoms with Gasteiger partial charge in [0.25, 0.3) is 0 Å². The van der Waals surface area contributed by atoms with Crippen LogP contribution >= 0.6 is 15.9 Å². The maximum Gasteiger partial charge on any atom is 0.120 e. The van der Waals surface area contributed by atoms with Crippen molar-refractivity contribution < 1.29 is 9.47 Å². The van der Waals surface area contributed by atoms with Crippen LogP contribution in [0.2, 0.25) is 0 Å². The van der Waals surface area contributed by atoms with E-state index in [1.54, 1.807) is 7.11 Å². The van der Waals surface area contributed by atoms with E-state index < -0.39 is 0 Å². The van der Waals surface area contributed by atoms with E-state index in [2.05, 4.69) is 48.1 Å². The highest BCUT2D eigenvalue weighted by Gasteiger charge is 2.42. The number of benzene rings is 1. The number of hydrogen-bond donors (Lipinski definition) is 1. The fourth-order valence-electron chi connectivity index (χ4n) is 3.31. The fourth-order valence-corrected chi connectivity index (χ4v) is 3.91. The summed E-state index contributed by atoms with van der Waals surface area (Å²) < 4.78 is 12.3. The zero-order chi connectivity index (χ0) is 14.9. The smallest absolute Gasteiger partial charge is 0.120 e. The summed E-state index contributed by atoms with van der Waals surface area (Å²) in [5.74, 6) is 1.85. The van der Waals surface area contributed by atoms with E-state index in [1.165, 1.54) is 5.56 Å². The van der Waals surface area contributed by atoms with Crippen LogP contribution in [0.5, 0.6) is 5.75 Å². The minimum Gasteiger partial charge on any atom is -0.497 e. The Morgan fingerprint density at radius 1 is 1.25 bits per heavy atom. The predicted molar refractivity (Wildman–Crippen MR) is 85.2 cm³/mol. The second-order valence-electron chi connectivity index (χ2n) is 5.64. The van der Waals surface area contributed by atoms with Gasteiger partial charge in [0.1, 0.15) is 5.75 Å². The summed E-state index contributed by atoms with van der Waals surface area (Å²) in [6, 6.07) is 6.44. The van der Waals surface area contributed by atoms with Crippen molar-refractivity contribution in [1.29, 1.82) is 0 Å². The Morgan fingerprint density at radius 3 is 2.40 bits per heavy atom. The van der Waals surface area contributed by atoms with Crippen LogP contribution in [0.4, 0.5) is 0 Å². The second kappa shape index (κ2) is 6.46. The van der Waals surface area contributed by atoms with Gasteiger partial charge >= 0.3 is 0 Å². The van der Waals surface area contributed by atoms with Gasteiger partial charge in [-0.2, -0.15) is 0 Å². The molecular weight excluding hydrogens is 318 g/mol. The molecule has 0 saturated carbocycles. The highest BCUT2D eigenvalue weighted by Crippen LogP contribution is 2.42. The third-order valence-electron chi connectivity index (χ3n) is 4.56. The lowest BCUT2D eigenvalue weighted by Gasteiger charge is -2.30. The van der Waals surface area contributed by atoms with Crippen LogP contribution in [-0.4, -0.2) is 26.4 Å². The molecule has 0 amide bonds. The highest BCUT2D eigenvalue weighted by atomic mass is 79.9. The van der Waals surface area contributed by atoms with Gasteiger partial charge in [0, 0.05) is 16.4 Å². The van der Waals surface area contributed by atoms with Crippen molar-refractivity contribution in [1.82, 2.24) is 5.32 Å². The zero-order valence-electron chi connectivity index (χ0n) is 12.8. The first-order chi connectivity index (χ1) is 9.49. The SMILES string of the molecule is CNC(c1ccc(OC)cc1Br)C1C(C)OC(C)C1C. The summed E-state index contributed by atoms with van der Waals surface area (Å²) >= 11 is 3.67. The van der Waals surface area contributed by atoms with Gasteiger partial charge in [-0.1, -0.05) is 28.9 Å².